The maximum Gasteiger partial charge on any atom is 0.227 e. The molecule has 3 heterocycles. The molecule has 0 aliphatic carbocycles. The van der Waals surface area contributed by atoms with Crippen molar-refractivity contribution in [2.24, 2.45) is 0 Å². The predicted molar refractivity (Wildman–Crippen MR) is 79.3 cm³/mol. The average molecular weight is 271 g/mol. The van der Waals surface area contributed by atoms with Gasteiger partial charge < -0.3 is 4.90 Å². The van der Waals surface area contributed by atoms with Gasteiger partial charge in [0, 0.05) is 31.0 Å². The summed E-state index contributed by atoms with van der Waals surface area (Å²) < 4.78 is 1.89. The highest BCUT2D eigenvalue weighted by Crippen LogP contribution is 2.17. The Morgan fingerprint density at radius 3 is 2.45 bits per heavy atom. The van der Waals surface area contributed by atoms with Crippen molar-refractivity contribution in [3.05, 3.63) is 29.7 Å². The molecule has 2 aromatic heterocycles. The van der Waals surface area contributed by atoms with Crippen molar-refractivity contribution in [3.8, 4) is 5.82 Å². The quantitative estimate of drug-likeness (QED) is 0.842. The molecule has 5 heteroatoms. The van der Waals surface area contributed by atoms with Crippen LogP contribution in [0.25, 0.3) is 5.82 Å². The Morgan fingerprint density at radius 2 is 1.80 bits per heavy atom. The van der Waals surface area contributed by atoms with Crippen molar-refractivity contribution < 1.29 is 0 Å². The van der Waals surface area contributed by atoms with E-state index in [2.05, 4.69) is 21.0 Å². The molecule has 0 saturated carbocycles. The molecule has 0 aromatic carbocycles. The summed E-state index contributed by atoms with van der Waals surface area (Å²) in [6.45, 7) is 6.16. The molecule has 20 heavy (non-hydrogen) atoms. The number of hydrogen-bond acceptors (Lipinski definition) is 4. The van der Waals surface area contributed by atoms with Crippen LogP contribution in [0.2, 0.25) is 0 Å². The lowest BCUT2D eigenvalue weighted by atomic mass is 10.2. The van der Waals surface area contributed by atoms with Gasteiger partial charge in [0.05, 0.1) is 5.69 Å². The summed E-state index contributed by atoms with van der Waals surface area (Å²) in [5.74, 6) is 1.68. The third-order valence-electron chi connectivity index (χ3n) is 3.74. The maximum absolute atomic E-state index is 4.70. The molecule has 0 amide bonds. The third kappa shape index (κ3) is 2.66. The van der Waals surface area contributed by atoms with E-state index in [4.69, 9.17) is 4.98 Å². The second-order valence-corrected chi connectivity index (χ2v) is 5.46. The largest absolute Gasteiger partial charge is 0.341 e. The van der Waals surface area contributed by atoms with Gasteiger partial charge in [-0.25, -0.2) is 9.67 Å². The number of aryl methyl sites for hydroxylation is 2. The lowest BCUT2D eigenvalue weighted by molar-refractivity contribution is 0.726. The molecular weight excluding hydrogens is 250 g/mol. The number of aromatic nitrogens is 4. The van der Waals surface area contributed by atoms with Crippen LogP contribution in [0.3, 0.4) is 0 Å². The summed E-state index contributed by atoms with van der Waals surface area (Å²) in [4.78, 5) is 11.4. The van der Waals surface area contributed by atoms with Crippen LogP contribution in [0, 0.1) is 13.8 Å². The summed E-state index contributed by atoms with van der Waals surface area (Å²) >= 11 is 0. The van der Waals surface area contributed by atoms with Gasteiger partial charge in [-0.15, -0.1) is 0 Å². The highest BCUT2D eigenvalue weighted by Gasteiger charge is 2.14. The fourth-order valence-corrected chi connectivity index (χ4v) is 2.74. The average Bonchev–Trinajstić information content (AvgIpc) is 2.68. The van der Waals surface area contributed by atoms with Crippen LogP contribution in [-0.2, 0) is 0 Å². The molecule has 1 fully saturated rings. The van der Waals surface area contributed by atoms with Crippen LogP contribution in [0.5, 0.6) is 0 Å². The van der Waals surface area contributed by atoms with Crippen molar-refractivity contribution in [2.75, 3.05) is 18.0 Å². The Balaban J connectivity index is 1.90. The van der Waals surface area contributed by atoms with Crippen molar-refractivity contribution in [2.45, 2.75) is 39.5 Å². The van der Waals surface area contributed by atoms with E-state index in [1.54, 1.807) is 0 Å². The fourth-order valence-electron chi connectivity index (χ4n) is 2.74. The van der Waals surface area contributed by atoms with Gasteiger partial charge in [-0.2, -0.15) is 10.1 Å². The minimum absolute atomic E-state index is 0.831. The van der Waals surface area contributed by atoms with E-state index in [1.807, 2.05) is 30.8 Å². The van der Waals surface area contributed by atoms with Crippen molar-refractivity contribution in [1.82, 2.24) is 19.7 Å². The molecule has 0 spiro atoms. The van der Waals surface area contributed by atoms with Gasteiger partial charge in [0.25, 0.3) is 0 Å². The molecule has 0 bridgehead atoms. The number of hydrogen-bond donors (Lipinski definition) is 0. The van der Waals surface area contributed by atoms with Crippen molar-refractivity contribution in [1.29, 1.82) is 0 Å². The fraction of sp³-hybridized carbons (Fsp3) is 0.533. The van der Waals surface area contributed by atoms with Crippen LogP contribution in [0.1, 0.15) is 37.1 Å². The SMILES string of the molecule is Cc1cc(C)n(-c2ccnc(N3CCCCCC3)n2)n1. The summed E-state index contributed by atoms with van der Waals surface area (Å²) in [5, 5.41) is 4.49. The molecule has 3 rings (SSSR count). The predicted octanol–water partition coefficient (Wildman–Crippen LogP) is 2.66. The molecule has 0 N–H and O–H groups in total. The first kappa shape index (κ1) is 13.1. The van der Waals surface area contributed by atoms with E-state index in [9.17, 15) is 0 Å². The normalized spacial score (nSPS) is 16.2. The Bertz CT molecular complexity index is 582. The van der Waals surface area contributed by atoms with Gasteiger partial charge in [-0.1, -0.05) is 12.8 Å². The molecule has 2 aromatic rings. The van der Waals surface area contributed by atoms with Gasteiger partial charge in [-0.05, 0) is 32.8 Å². The first-order valence-corrected chi connectivity index (χ1v) is 7.36. The standard InChI is InChI=1S/C15H21N5/c1-12-11-13(2)20(18-12)14-7-8-16-15(17-14)19-9-5-3-4-6-10-19/h7-8,11H,3-6,9-10H2,1-2H3. The summed E-state index contributed by atoms with van der Waals surface area (Å²) in [6, 6.07) is 3.98. The van der Waals surface area contributed by atoms with Gasteiger partial charge in [0.15, 0.2) is 5.82 Å². The third-order valence-corrected chi connectivity index (χ3v) is 3.74. The second kappa shape index (κ2) is 5.61. The van der Waals surface area contributed by atoms with Crippen LogP contribution in [-0.4, -0.2) is 32.8 Å². The highest BCUT2D eigenvalue weighted by molar-refractivity contribution is 5.35. The second-order valence-electron chi connectivity index (χ2n) is 5.46. The minimum Gasteiger partial charge on any atom is -0.341 e. The molecular formula is C15H21N5. The zero-order valence-corrected chi connectivity index (χ0v) is 12.2. The van der Waals surface area contributed by atoms with E-state index in [-0.39, 0.29) is 0 Å². The Labute approximate surface area is 119 Å². The summed E-state index contributed by atoms with van der Waals surface area (Å²) in [5.41, 5.74) is 2.11. The maximum atomic E-state index is 4.70. The summed E-state index contributed by atoms with van der Waals surface area (Å²) in [7, 11) is 0. The zero-order valence-electron chi connectivity index (χ0n) is 12.2. The van der Waals surface area contributed by atoms with Crippen molar-refractivity contribution >= 4 is 5.95 Å². The highest BCUT2D eigenvalue weighted by atomic mass is 15.3. The summed E-state index contributed by atoms with van der Waals surface area (Å²) in [6.07, 6.45) is 6.92. The molecule has 0 radical (unpaired) electrons. The van der Waals surface area contributed by atoms with Crippen LogP contribution >= 0.6 is 0 Å². The number of rotatable bonds is 2. The van der Waals surface area contributed by atoms with Gasteiger partial charge in [-0.3, -0.25) is 0 Å². The molecule has 5 nitrogen and oxygen atoms in total. The first-order valence-electron chi connectivity index (χ1n) is 7.36. The smallest absolute Gasteiger partial charge is 0.227 e. The van der Waals surface area contributed by atoms with Crippen LogP contribution in [0.4, 0.5) is 5.95 Å². The topological polar surface area (TPSA) is 46.8 Å². The first-order chi connectivity index (χ1) is 9.74. The van der Waals surface area contributed by atoms with E-state index in [0.717, 1.165) is 36.2 Å². The zero-order chi connectivity index (χ0) is 13.9. The van der Waals surface area contributed by atoms with E-state index >= 15 is 0 Å². The lowest BCUT2D eigenvalue weighted by Gasteiger charge is -2.20. The minimum atomic E-state index is 0.831. The molecule has 1 saturated heterocycles. The monoisotopic (exact) mass is 271 g/mol. The molecule has 106 valence electrons. The Hall–Kier alpha value is -1.91. The number of anilines is 1. The van der Waals surface area contributed by atoms with Gasteiger partial charge in [0.2, 0.25) is 5.95 Å². The van der Waals surface area contributed by atoms with E-state index in [0.29, 0.717) is 0 Å². The number of nitrogens with zero attached hydrogens (tertiary/aromatic N) is 5. The van der Waals surface area contributed by atoms with E-state index < -0.39 is 0 Å². The van der Waals surface area contributed by atoms with Gasteiger partial charge in [0.1, 0.15) is 0 Å². The molecule has 0 atom stereocenters. The van der Waals surface area contributed by atoms with Crippen LogP contribution < -0.4 is 4.90 Å². The molecule has 1 aliphatic rings. The van der Waals surface area contributed by atoms with Crippen molar-refractivity contribution in [3.63, 3.8) is 0 Å². The Morgan fingerprint density at radius 1 is 1.05 bits per heavy atom. The molecule has 1 aliphatic heterocycles. The molecule has 0 unspecified atom stereocenters. The Kier molecular flexibility index (Phi) is 3.67. The van der Waals surface area contributed by atoms with E-state index in [1.165, 1.54) is 25.7 Å². The van der Waals surface area contributed by atoms with Crippen LogP contribution in [0.15, 0.2) is 18.3 Å². The lowest BCUT2D eigenvalue weighted by Crippen LogP contribution is -2.26. The van der Waals surface area contributed by atoms with Gasteiger partial charge >= 0.3 is 0 Å².